The number of sulfonamides is 1. The Morgan fingerprint density at radius 3 is 2.30 bits per heavy atom. The Bertz CT molecular complexity index is 978. The van der Waals surface area contributed by atoms with Crippen molar-refractivity contribution in [2.75, 3.05) is 64.0 Å². The fourth-order valence-corrected chi connectivity index (χ4v) is 3.91. The van der Waals surface area contributed by atoms with Gasteiger partial charge in [0, 0.05) is 37.4 Å². The molecule has 33 heavy (non-hydrogen) atoms. The van der Waals surface area contributed by atoms with Crippen molar-refractivity contribution in [3.63, 3.8) is 0 Å². The van der Waals surface area contributed by atoms with Gasteiger partial charge in [-0.1, -0.05) is 12.1 Å². The van der Waals surface area contributed by atoms with Crippen LogP contribution in [0.1, 0.15) is 15.9 Å². The van der Waals surface area contributed by atoms with Crippen LogP contribution in [0.4, 0.5) is 5.69 Å². The van der Waals surface area contributed by atoms with Crippen LogP contribution in [-0.2, 0) is 21.2 Å². The molecule has 1 saturated heterocycles. The lowest BCUT2D eigenvalue weighted by atomic mass is 10.1. The van der Waals surface area contributed by atoms with Gasteiger partial charge in [0.25, 0.3) is 5.91 Å². The molecule has 1 aliphatic heterocycles. The van der Waals surface area contributed by atoms with E-state index in [1.807, 2.05) is 36.2 Å². The molecule has 2 aromatic carbocycles. The molecule has 0 aromatic heterocycles. The minimum atomic E-state index is -3.26. The van der Waals surface area contributed by atoms with E-state index >= 15 is 0 Å². The largest absolute Gasteiger partial charge is 0.492 e. The molecule has 1 fully saturated rings. The van der Waals surface area contributed by atoms with E-state index in [0.29, 0.717) is 44.2 Å². The zero-order chi connectivity index (χ0) is 23.0. The van der Waals surface area contributed by atoms with Crippen molar-refractivity contribution in [1.29, 1.82) is 0 Å². The lowest BCUT2D eigenvalue weighted by molar-refractivity contribution is 0.0303. The Hall–Kier alpha value is -2.33. The van der Waals surface area contributed by atoms with E-state index in [1.165, 1.54) is 0 Å². The summed E-state index contributed by atoms with van der Waals surface area (Å²) in [4.78, 5) is 16.5. The number of carbonyl (C=O) groups is 1. The molecule has 2 aromatic rings. The summed E-state index contributed by atoms with van der Waals surface area (Å²) in [6.45, 7) is 4.61. The van der Waals surface area contributed by atoms with Gasteiger partial charge in [-0.3, -0.25) is 9.52 Å². The molecule has 182 valence electrons. The molecule has 0 bridgehead atoms. The van der Waals surface area contributed by atoms with Crippen LogP contribution >= 0.6 is 12.4 Å². The monoisotopic (exact) mass is 497 g/mol. The third-order valence-electron chi connectivity index (χ3n) is 5.18. The number of hydrogen-bond donors (Lipinski definition) is 1. The average molecular weight is 498 g/mol. The van der Waals surface area contributed by atoms with E-state index < -0.39 is 10.0 Å². The Balaban J connectivity index is 0.00000385. The minimum Gasteiger partial charge on any atom is -0.492 e. The topological polar surface area (TPSA) is 88.2 Å². The van der Waals surface area contributed by atoms with Crippen molar-refractivity contribution in [3.05, 3.63) is 59.7 Å². The van der Waals surface area contributed by atoms with Gasteiger partial charge in [-0.15, -0.1) is 12.4 Å². The standard InChI is InChI=1S/C23H31N3O5S.ClH/c1-25(12-11-19-3-7-21(8-4-19)24-32(2,28)29)13-18-31-22-9-5-20(6-10-22)23(27)26-14-16-30-17-15-26;/h3-10,24H,11-18H2,1-2H3;1H. The van der Waals surface area contributed by atoms with Gasteiger partial charge in [-0.05, 0) is 55.4 Å². The summed E-state index contributed by atoms with van der Waals surface area (Å²) in [5, 5.41) is 0. The van der Waals surface area contributed by atoms with Crippen LogP contribution in [0.15, 0.2) is 48.5 Å². The predicted octanol–water partition coefficient (Wildman–Crippen LogP) is 2.51. The van der Waals surface area contributed by atoms with Crippen LogP contribution in [0.5, 0.6) is 5.75 Å². The second kappa shape index (κ2) is 12.8. The van der Waals surface area contributed by atoms with Gasteiger partial charge in [-0.2, -0.15) is 0 Å². The molecule has 0 atom stereocenters. The van der Waals surface area contributed by atoms with Gasteiger partial charge in [0.2, 0.25) is 10.0 Å². The SMILES string of the molecule is CN(CCOc1ccc(C(=O)N2CCOCC2)cc1)CCc1ccc(NS(C)(=O)=O)cc1.Cl. The van der Waals surface area contributed by atoms with Gasteiger partial charge in [0.1, 0.15) is 12.4 Å². The molecule has 0 aliphatic carbocycles. The summed E-state index contributed by atoms with van der Waals surface area (Å²) in [6, 6.07) is 14.7. The Morgan fingerprint density at radius 1 is 1.06 bits per heavy atom. The number of rotatable bonds is 10. The highest BCUT2D eigenvalue weighted by Crippen LogP contribution is 2.15. The smallest absolute Gasteiger partial charge is 0.254 e. The van der Waals surface area contributed by atoms with E-state index in [1.54, 1.807) is 24.3 Å². The molecule has 1 heterocycles. The van der Waals surface area contributed by atoms with Crippen LogP contribution in [0.3, 0.4) is 0 Å². The second-order valence-corrected chi connectivity index (χ2v) is 9.65. The summed E-state index contributed by atoms with van der Waals surface area (Å²) < 4.78 is 36.1. The maximum Gasteiger partial charge on any atom is 0.254 e. The van der Waals surface area contributed by atoms with Gasteiger partial charge in [0.15, 0.2) is 0 Å². The van der Waals surface area contributed by atoms with E-state index in [-0.39, 0.29) is 18.3 Å². The van der Waals surface area contributed by atoms with Crippen LogP contribution in [0.2, 0.25) is 0 Å². The average Bonchev–Trinajstić information content (AvgIpc) is 2.78. The van der Waals surface area contributed by atoms with Crippen molar-refractivity contribution in [3.8, 4) is 5.75 Å². The van der Waals surface area contributed by atoms with Crippen LogP contribution < -0.4 is 9.46 Å². The van der Waals surface area contributed by atoms with Gasteiger partial charge in [-0.25, -0.2) is 8.42 Å². The molecule has 8 nitrogen and oxygen atoms in total. The normalized spacial score (nSPS) is 14.0. The quantitative estimate of drug-likeness (QED) is 0.542. The molecular formula is C23H32ClN3O5S. The summed E-state index contributed by atoms with van der Waals surface area (Å²) in [5.74, 6) is 0.769. The van der Waals surface area contributed by atoms with Crippen molar-refractivity contribution >= 4 is 34.0 Å². The van der Waals surface area contributed by atoms with Crippen LogP contribution in [0, 0.1) is 0 Å². The molecule has 10 heteroatoms. The maximum absolute atomic E-state index is 12.5. The van der Waals surface area contributed by atoms with Gasteiger partial charge in [0.05, 0.1) is 19.5 Å². The molecule has 0 radical (unpaired) electrons. The Kier molecular flexibility index (Phi) is 10.4. The molecule has 1 amide bonds. The molecule has 1 N–H and O–H groups in total. The summed E-state index contributed by atoms with van der Waals surface area (Å²) >= 11 is 0. The van der Waals surface area contributed by atoms with Crippen molar-refractivity contribution < 1.29 is 22.7 Å². The third kappa shape index (κ3) is 9.21. The molecule has 0 saturated carbocycles. The number of nitrogens with zero attached hydrogens (tertiary/aromatic N) is 2. The first-order valence-electron chi connectivity index (χ1n) is 10.7. The van der Waals surface area contributed by atoms with Crippen molar-refractivity contribution in [2.24, 2.45) is 0 Å². The maximum atomic E-state index is 12.5. The first-order valence-corrected chi connectivity index (χ1v) is 12.5. The number of hydrogen-bond acceptors (Lipinski definition) is 6. The highest BCUT2D eigenvalue weighted by molar-refractivity contribution is 7.92. The number of ether oxygens (including phenoxy) is 2. The highest BCUT2D eigenvalue weighted by atomic mass is 35.5. The molecule has 0 spiro atoms. The molecule has 0 unspecified atom stereocenters. The number of nitrogens with one attached hydrogen (secondary N) is 1. The Morgan fingerprint density at radius 2 is 1.70 bits per heavy atom. The predicted molar refractivity (Wildman–Crippen MR) is 132 cm³/mol. The van der Waals surface area contributed by atoms with E-state index in [0.717, 1.165) is 37.1 Å². The van der Waals surface area contributed by atoms with Crippen LogP contribution in [0.25, 0.3) is 0 Å². The van der Waals surface area contributed by atoms with E-state index in [4.69, 9.17) is 9.47 Å². The number of likely N-dealkylation sites (N-methyl/N-ethyl adjacent to an activating group) is 1. The summed E-state index contributed by atoms with van der Waals surface area (Å²) in [7, 11) is -1.22. The number of anilines is 1. The van der Waals surface area contributed by atoms with Gasteiger partial charge >= 0.3 is 0 Å². The fraction of sp³-hybridized carbons (Fsp3) is 0.435. The second-order valence-electron chi connectivity index (χ2n) is 7.90. The van der Waals surface area contributed by atoms with Crippen LogP contribution in [-0.4, -0.2) is 83.4 Å². The first-order chi connectivity index (χ1) is 15.3. The number of halogens is 1. The Labute approximate surface area is 202 Å². The molecule has 3 rings (SSSR count). The van der Waals surface area contributed by atoms with Crippen molar-refractivity contribution in [1.82, 2.24) is 9.80 Å². The lowest BCUT2D eigenvalue weighted by Gasteiger charge is -2.26. The molecule has 1 aliphatic rings. The molecular weight excluding hydrogens is 466 g/mol. The van der Waals surface area contributed by atoms with E-state index in [2.05, 4.69) is 9.62 Å². The highest BCUT2D eigenvalue weighted by Gasteiger charge is 2.18. The summed E-state index contributed by atoms with van der Waals surface area (Å²) in [6.07, 6.45) is 1.99. The van der Waals surface area contributed by atoms with Gasteiger partial charge < -0.3 is 19.3 Å². The number of amides is 1. The first kappa shape index (κ1) is 26.9. The summed E-state index contributed by atoms with van der Waals surface area (Å²) in [5.41, 5.74) is 2.36. The number of morpholine rings is 1. The number of benzene rings is 2. The fourth-order valence-electron chi connectivity index (χ4n) is 3.35. The zero-order valence-electron chi connectivity index (χ0n) is 19.0. The van der Waals surface area contributed by atoms with Crippen molar-refractivity contribution in [2.45, 2.75) is 6.42 Å². The lowest BCUT2D eigenvalue weighted by Crippen LogP contribution is -2.40. The minimum absolute atomic E-state index is 0. The third-order valence-corrected chi connectivity index (χ3v) is 5.79. The zero-order valence-corrected chi connectivity index (χ0v) is 20.7. The number of carbonyl (C=O) groups excluding carboxylic acids is 1. The van der Waals surface area contributed by atoms with E-state index in [9.17, 15) is 13.2 Å².